The Labute approximate surface area is 233 Å². The molecule has 0 bridgehead atoms. The van der Waals surface area contributed by atoms with Crippen molar-refractivity contribution in [3.05, 3.63) is 59.0 Å². The Morgan fingerprint density at radius 1 is 1.12 bits per heavy atom. The van der Waals surface area contributed by atoms with Crippen LogP contribution in [0.4, 0.5) is 5.69 Å². The van der Waals surface area contributed by atoms with Gasteiger partial charge in [0.2, 0.25) is 5.91 Å². The van der Waals surface area contributed by atoms with E-state index >= 15 is 0 Å². The molecule has 1 saturated heterocycles. The molecule has 1 aliphatic heterocycles. The first kappa shape index (κ1) is 26.6. The van der Waals surface area contributed by atoms with Crippen molar-refractivity contribution >= 4 is 22.2 Å². The van der Waals surface area contributed by atoms with Gasteiger partial charge in [-0.3, -0.25) is 13.9 Å². The normalized spacial score (nSPS) is 24.1. The third-order valence-electron chi connectivity index (χ3n) is 8.37. The molecule has 4 N–H and O–H groups in total. The van der Waals surface area contributed by atoms with Gasteiger partial charge in [-0.15, -0.1) is 0 Å². The molecule has 3 fully saturated rings. The van der Waals surface area contributed by atoms with E-state index in [0.717, 1.165) is 48.2 Å². The molecule has 2 saturated carbocycles. The van der Waals surface area contributed by atoms with Crippen LogP contribution < -0.4 is 15.9 Å². The molecule has 2 aromatic heterocycles. The van der Waals surface area contributed by atoms with Gasteiger partial charge in [0.25, 0.3) is 0 Å². The standard InChI is InChI=1S/C28H33N7O4S/c29-18-28(9-10-28)32-26(36)23-4-2-1-3-22(23)25-24(17-35(33-25)21-15-30-27(37)31-16-21)19-5-7-20(8-6-19)34-11-13-40(38,39)14-12-34/h5-8,15-17,22-23,38-39H,1-4,9-14H2,(H,32,36)(H,30,31,37)/t22-,23-/m1/s1. The van der Waals surface area contributed by atoms with Gasteiger partial charge in [-0.1, -0.05) is 25.0 Å². The van der Waals surface area contributed by atoms with Gasteiger partial charge >= 0.3 is 5.69 Å². The third-order valence-corrected chi connectivity index (χ3v) is 10.0. The summed E-state index contributed by atoms with van der Waals surface area (Å²) in [5.74, 6) is 0.250. The van der Waals surface area contributed by atoms with Crippen molar-refractivity contribution < 1.29 is 13.9 Å². The SMILES string of the molecule is N#CC1(NC(=O)[C@@H]2CCCC[C@H]2c2nn(-c3cnc(=O)[nH]c3)cc2-c2ccc(N3CCS(O)(O)CC3)cc2)CC1. The topological polar surface area (TPSA) is 160 Å². The molecule has 40 heavy (non-hydrogen) atoms. The predicted molar refractivity (Wildman–Crippen MR) is 153 cm³/mol. The summed E-state index contributed by atoms with van der Waals surface area (Å²) >= 11 is 0. The van der Waals surface area contributed by atoms with Gasteiger partial charge in [0, 0.05) is 48.6 Å². The van der Waals surface area contributed by atoms with Crippen LogP contribution in [0.3, 0.4) is 0 Å². The van der Waals surface area contributed by atoms with Crippen LogP contribution in [0.15, 0.2) is 47.7 Å². The van der Waals surface area contributed by atoms with E-state index in [2.05, 4.69) is 26.3 Å². The van der Waals surface area contributed by atoms with E-state index in [1.165, 1.54) is 6.20 Å². The lowest BCUT2D eigenvalue weighted by Gasteiger charge is -2.41. The van der Waals surface area contributed by atoms with Gasteiger partial charge in [-0.2, -0.15) is 25.9 Å². The van der Waals surface area contributed by atoms with E-state index in [1.807, 2.05) is 30.5 Å². The van der Waals surface area contributed by atoms with Crippen LogP contribution >= 0.6 is 10.6 Å². The van der Waals surface area contributed by atoms with Crippen LogP contribution in [-0.4, -0.2) is 64.9 Å². The Hall–Kier alpha value is -3.66. The van der Waals surface area contributed by atoms with Crippen molar-refractivity contribution in [3.63, 3.8) is 0 Å². The molecule has 11 nitrogen and oxygen atoms in total. The predicted octanol–water partition coefficient (Wildman–Crippen LogP) is 3.64. The second kappa shape index (κ2) is 10.4. The number of hydrogen-bond acceptors (Lipinski definition) is 8. The zero-order valence-electron chi connectivity index (χ0n) is 22.1. The molecule has 2 aliphatic carbocycles. The lowest BCUT2D eigenvalue weighted by molar-refractivity contribution is -0.127. The highest BCUT2D eigenvalue weighted by Gasteiger charge is 2.47. The second-order valence-electron chi connectivity index (χ2n) is 11.1. The highest BCUT2D eigenvalue weighted by molar-refractivity contribution is 8.24. The molecule has 3 heterocycles. The van der Waals surface area contributed by atoms with Crippen LogP contribution in [0.1, 0.15) is 50.1 Å². The fourth-order valence-corrected chi connectivity index (χ4v) is 7.03. The first-order valence-corrected chi connectivity index (χ1v) is 15.6. The summed E-state index contributed by atoms with van der Waals surface area (Å²) in [4.78, 5) is 33.6. The van der Waals surface area contributed by atoms with E-state index in [4.69, 9.17) is 5.10 Å². The quantitative estimate of drug-likeness (QED) is 0.354. The molecule has 1 amide bonds. The molecule has 0 spiro atoms. The number of nitriles is 1. The molecule has 210 valence electrons. The van der Waals surface area contributed by atoms with Gasteiger partial charge in [0.15, 0.2) is 0 Å². The Balaban J connectivity index is 1.34. The average Bonchev–Trinajstić information content (AvgIpc) is 3.60. The van der Waals surface area contributed by atoms with Crippen LogP contribution in [-0.2, 0) is 4.79 Å². The summed E-state index contributed by atoms with van der Waals surface area (Å²) in [6.45, 7) is 1.18. The Bertz CT molecular complexity index is 1480. The molecular formula is C28H33N7O4S. The third kappa shape index (κ3) is 5.37. The number of carbonyl (C=O) groups excluding carboxylic acids is 1. The number of aromatic amines is 1. The minimum atomic E-state index is -2.47. The Morgan fingerprint density at radius 3 is 2.50 bits per heavy atom. The van der Waals surface area contributed by atoms with Gasteiger partial charge in [-0.05, 0) is 43.4 Å². The summed E-state index contributed by atoms with van der Waals surface area (Å²) in [5.41, 5.74) is 3.11. The van der Waals surface area contributed by atoms with E-state index in [1.54, 1.807) is 10.9 Å². The number of carbonyl (C=O) groups is 1. The highest BCUT2D eigenvalue weighted by Crippen LogP contribution is 2.44. The Morgan fingerprint density at radius 2 is 1.85 bits per heavy atom. The van der Waals surface area contributed by atoms with Gasteiger partial charge in [-0.25, -0.2) is 9.48 Å². The summed E-state index contributed by atoms with van der Waals surface area (Å²) in [7, 11) is -2.47. The minimum absolute atomic E-state index is 0.0821. The highest BCUT2D eigenvalue weighted by atomic mass is 32.3. The van der Waals surface area contributed by atoms with Crippen molar-refractivity contribution in [2.75, 3.05) is 29.5 Å². The number of nitrogens with one attached hydrogen (secondary N) is 2. The van der Waals surface area contributed by atoms with Gasteiger partial charge < -0.3 is 15.2 Å². The number of benzene rings is 1. The number of hydrogen-bond donors (Lipinski definition) is 4. The van der Waals surface area contributed by atoms with E-state index in [9.17, 15) is 24.0 Å². The summed E-state index contributed by atoms with van der Waals surface area (Å²) in [5, 5.41) is 17.5. The molecule has 0 radical (unpaired) electrons. The maximum Gasteiger partial charge on any atom is 0.345 e. The summed E-state index contributed by atoms with van der Waals surface area (Å²) < 4.78 is 21.6. The zero-order chi connectivity index (χ0) is 27.9. The minimum Gasteiger partial charge on any atom is -0.368 e. The largest absolute Gasteiger partial charge is 0.368 e. The fourth-order valence-electron chi connectivity index (χ4n) is 5.80. The van der Waals surface area contributed by atoms with E-state index in [-0.39, 0.29) is 17.7 Å². The lowest BCUT2D eigenvalue weighted by atomic mass is 9.75. The maximum absolute atomic E-state index is 13.4. The molecular weight excluding hydrogens is 530 g/mol. The van der Waals surface area contributed by atoms with Crippen LogP contribution in [0, 0.1) is 17.2 Å². The van der Waals surface area contributed by atoms with Crippen molar-refractivity contribution in [1.82, 2.24) is 25.1 Å². The number of amides is 1. The molecule has 1 aromatic carbocycles. The van der Waals surface area contributed by atoms with E-state index < -0.39 is 21.8 Å². The van der Waals surface area contributed by atoms with Crippen molar-refractivity contribution in [2.45, 2.75) is 50.0 Å². The van der Waals surface area contributed by atoms with Gasteiger partial charge in [0.1, 0.15) is 5.54 Å². The lowest BCUT2D eigenvalue weighted by Crippen LogP contribution is -2.42. The van der Waals surface area contributed by atoms with Crippen LogP contribution in [0.5, 0.6) is 0 Å². The second-order valence-corrected chi connectivity index (χ2v) is 13.5. The maximum atomic E-state index is 13.4. The van der Waals surface area contributed by atoms with Gasteiger partial charge in [0.05, 0.1) is 35.2 Å². The molecule has 3 aliphatic rings. The summed E-state index contributed by atoms with van der Waals surface area (Å²) in [6, 6.07) is 10.4. The Kier molecular flexibility index (Phi) is 6.90. The molecule has 6 rings (SSSR count). The van der Waals surface area contributed by atoms with Crippen molar-refractivity contribution in [1.29, 1.82) is 5.26 Å². The molecule has 0 unspecified atom stereocenters. The molecule has 3 aromatic rings. The average molecular weight is 564 g/mol. The van der Waals surface area contributed by atoms with Crippen LogP contribution in [0.2, 0.25) is 0 Å². The number of anilines is 1. The van der Waals surface area contributed by atoms with Crippen molar-refractivity contribution in [2.24, 2.45) is 5.92 Å². The number of rotatable bonds is 6. The first-order chi connectivity index (χ1) is 19.3. The van der Waals surface area contributed by atoms with Crippen molar-refractivity contribution in [3.8, 4) is 22.9 Å². The van der Waals surface area contributed by atoms with Crippen LogP contribution in [0.25, 0.3) is 16.8 Å². The molecule has 2 atom stereocenters. The number of nitrogens with zero attached hydrogens (tertiary/aromatic N) is 5. The summed E-state index contributed by atoms with van der Waals surface area (Å²) in [6.07, 6.45) is 9.80. The first-order valence-electron chi connectivity index (χ1n) is 13.7. The molecule has 12 heteroatoms. The number of aromatic nitrogens is 4. The zero-order valence-corrected chi connectivity index (χ0v) is 22.9. The number of H-pyrrole nitrogens is 1. The smallest absolute Gasteiger partial charge is 0.345 e. The fraction of sp³-hybridized carbons (Fsp3) is 0.464. The monoisotopic (exact) mass is 563 g/mol. The van der Waals surface area contributed by atoms with E-state index in [0.29, 0.717) is 43.1 Å².